The Kier molecular flexibility index (Phi) is 6.45. The van der Waals surface area contributed by atoms with Crippen LogP contribution in [0, 0.1) is 12.8 Å². The molecule has 3 rings (SSSR count). The van der Waals surface area contributed by atoms with Crippen LogP contribution in [-0.2, 0) is 16.1 Å². The van der Waals surface area contributed by atoms with Crippen molar-refractivity contribution < 1.29 is 19.4 Å². The van der Waals surface area contributed by atoms with Crippen LogP contribution < -0.4 is 5.32 Å². The lowest BCUT2D eigenvalue weighted by atomic mass is 9.86. The fourth-order valence-electron chi connectivity index (χ4n) is 3.53. The van der Waals surface area contributed by atoms with Gasteiger partial charge in [-0.25, -0.2) is 9.78 Å². The number of nitrogens with zero attached hydrogens (tertiary/aromatic N) is 5. The summed E-state index contributed by atoms with van der Waals surface area (Å²) in [5, 5.41) is 25.4. The number of nitrogens with one attached hydrogen (secondary N) is 1. The smallest absolute Gasteiger partial charge is 0.356 e. The van der Waals surface area contributed by atoms with E-state index in [-0.39, 0.29) is 17.6 Å². The predicted molar refractivity (Wildman–Crippen MR) is 107 cm³/mol. The second kappa shape index (κ2) is 8.86. The van der Waals surface area contributed by atoms with E-state index in [9.17, 15) is 14.7 Å². The summed E-state index contributed by atoms with van der Waals surface area (Å²) in [6, 6.07) is 3.47. The van der Waals surface area contributed by atoms with Gasteiger partial charge in [0.2, 0.25) is 5.82 Å². The van der Waals surface area contributed by atoms with Crippen molar-refractivity contribution in [2.75, 3.05) is 7.11 Å². The number of aromatic nitrogens is 5. The Hall–Kier alpha value is -2.88. The van der Waals surface area contributed by atoms with Gasteiger partial charge < -0.3 is 15.2 Å². The summed E-state index contributed by atoms with van der Waals surface area (Å²) in [6.45, 7) is 5.39. The van der Waals surface area contributed by atoms with Gasteiger partial charge in [-0.15, -0.1) is 10.2 Å². The summed E-state index contributed by atoms with van der Waals surface area (Å²) >= 11 is 0. The van der Waals surface area contributed by atoms with Crippen molar-refractivity contribution in [3.05, 3.63) is 23.5 Å². The number of rotatable bonds is 6. The number of pyridine rings is 1. The van der Waals surface area contributed by atoms with Gasteiger partial charge in [0.05, 0.1) is 13.7 Å². The van der Waals surface area contributed by atoms with Gasteiger partial charge in [0.25, 0.3) is 5.91 Å². The van der Waals surface area contributed by atoms with E-state index >= 15 is 0 Å². The van der Waals surface area contributed by atoms with E-state index in [4.69, 9.17) is 4.74 Å². The van der Waals surface area contributed by atoms with E-state index in [1.807, 2.05) is 0 Å². The molecule has 1 fully saturated rings. The highest BCUT2D eigenvalue weighted by atomic mass is 16.5. The number of hydrogen-bond acceptors (Lipinski definition) is 8. The molecule has 0 spiro atoms. The zero-order chi connectivity index (χ0) is 21.9. The first-order valence-electron chi connectivity index (χ1n) is 10.0. The number of esters is 1. The highest BCUT2D eigenvalue weighted by Crippen LogP contribution is 2.26. The minimum Gasteiger partial charge on any atom is -0.464 e. The standard InChI is InChI=1S/C20H28N6O4/c1-12-9-14(10-16(21-12)18(27)30-4)17-23-25-26(24-17)11-13-5-7-15(8-6-13)22-19(28)20(2,3)29/h9-10,13,15,29H,5-8,11H2,1-4H3,(H,22,28)/t13-,15-. The van der Waals surface area contributed by atoms with E-state index < -0.39 is 11.6 Å². The second-order valence-corrected chi connectivity index (χ2v) is 8.29. The van der Waals surface area contributed by atoms with Gasteiger partial charge in [0, 0.05) is 17.3 Å². The molecular weight excluding hydrogens is 388 g/mol. The quantitative estimate of drug-likeness (QED) is 0.673. The lowest BCUT2D eigenvalue weighted by molar-refractivity contribution is -0.137. The SMILES string of the molecule is COC(=O)c1cc(-c2nnn(C[C@H]3CC[C@H](NC(=O)C(C)(C)O)CC3)n2)cc(C)n1. The third kappa shape index (κ3) is 5.38. The monoisotopic (exact) mass is 416 g/mol. The Morgan fingerprint density at radius 2 is 1.97 bits per heavy atom. The van der Waals surface area contributed by atoms with Crippen LogP contribution in [0.2, 0.25) is 0 Å². The number of ether oxygens (including phenoxy) is 1. The molecule has 1 amide bonds. The molecular formula is C20H28N6O4. The Morgan fingerprint density at radius 1 is 1.27 bits per heavy atom. The molecule has 10 nitrogen and oxygen atoms in total. The first kappa shape index (κ1) is 21.8. The number of methoxy groups -OCH3 is 1. The van der Waals surface area contributed by atoms with Gasteiger partial charge in [-0.2, -0.15) is 4.80 Å². The number of aryl methyl sites for hydroxylation is 1. The molecule has 0 bridgehead atoms. The molecule has 162 valence electrons. The summed E-state index contributed by atoms with van der Waals surface area (Å²) < 4.78 is 4.74. The van der Waals surface area contributed by atoms with Crippen LogP contribution in [0.25, 0.3) is 11.4 Å². The minimum absolute atomic E-state index is 0.0796. The lowest BCUT2D eigenvalue weighted by Crippen LogP contribution is -2.47. The van der Waals surface area contributed by atoms with Crippen molar-refractivity contribution in [1.29, 1.82) is 0 Å². The molecule has 0 aliphatic heterocycles. The average Bonchev–Trinajstić information content (AvgIpc) is 3.16. The predicted octanol–water partition coefficient (Wildman–Crippen LogP) is 1.28. The molecule has 1 aliphatic rings. The van der Waals surface area contributed by atoms with Crippen LogP contribution in [-0.4, -0.2) is 60.9 Å². The molecule has 0 saturated heterocycles. The molecule has 2 heterocycles. The summed E-state index contributed by atoms with van der Waals surface area (Å²) in [7, 11) is 1.31. The van der Waals surface area contributed by atoms with Crippen molar-refractivity contribution >= 4 is 11.9 Å². The number of carbonyl (C=O) groups excluding carboxylic acids is 2. The Bertz CT molecular complexity index is 912. The fraction of sp³-hybridized carbons (Fsp3) is 0.600. The first-order valence-corrected chi connectivity index (χ1v) is 10.0. The summed E-state index contributed by atoms with van der Waals surface area (Å²) in [5.74, 6) is -0.0443. The summed E-state index contributed by atoms with van der Waals surface area (Å²) in [4.78, 5) is 29.4. The van der Waals surface area contributed by atoms with Crippen molar-refractivity contribution in [3.63, 3.8) is 0 Å². The highest BCUT2D eigenvalue weighted by molar-refractivity contribution is 5.88. The third-order valence-electron chi connectivity index (χ3n) is 5.22. The molecule has 0 atom stereocenters. The number of amides is 1. The molecule has 0 unspecified atom stereocenters. The first-order chi connectivity index (χ1) is 14.2. The summed E-state index contributed by atoms with van der Waals surface area (Å²) in [5.41, 5.74) is 0.162. The highest BCUT2D eigenvalue weighted by Gasteiger charge is 2.29. The number of carbonyl (C=O) groups is 2. The lowest BCUT2D eigenvalue weighted by Gasteiger charge is -2.30. The second-order valence-electron chi connectivity index (χ2n) is 8.29. The van der Waals surface area contributed by atoms with Crippen LogP contribution in [0.15, 0.2) is 12.1 Å². The number of hydrogen-bond donors (Lipinski definition) is 2. The number of aliphatic hydroxyl groups is 1. The van der Waals surface area contributed by atoms with Gasteiger partial charge in [-0.1, -0.05) is 0 Å². The maximum atomic E-state index is 11.9. The third-order valence-corrected chi connectivity index (χ3v) is 5.22. The van der Waals surface area contributed by atoms with Crippen LogP contribution in [0.5, 0.6) is 0 Å². The zero-order valence-electron chi connectivity index (χ0n) is 17.8. The van der Waals surface area contributed by atoms with E-state index in [1.165, 1.54) is 21.0 Å². The van der Waals surface area contributed by atoms with Crippen molar-refractivity contribution in [2.24, 2.45) is 5.92 Å². The molecule has 1 aliphatic carbocycles. The minimum atomic E-state index is -1.36. The zero-order valence-corrected chi connectivity index (χ0v) is 17.8. The Balaban J connectivity index is 1.59. The number of tetrazole rings is 1. The van der Waals surface area contributed by atoms with Crippen LogP contribution in [0.1, 0.15) is 55.7 Å². The van der Waals surface area contributed by atoms with Crippen molar-refractivity contribution in [2.45, 2.75) is 64.6 Å². The maximum absolute atomic E-state index is 11.9. The van der Waals surface area contributed by atoms with Crippen LogP contribution in [0.4, 0.5) is 0 Å². The van der Waals surface area contributed by atoms with E-state index in [2.05, 4.69) is 25.7 Å². The molecule has 1 saturated carbocycles. The van der Waals surface area contributed by atoms with E-state index in [0.717, 1.165) is 25.7 Å². The normalized spacial score (nSPS) is 19.4. The van der Waals surface area contributed by atoms with Crippen LogP contribution in [0.3, 0.4) is 0 Å². The molecule has 10 heteroatoms. The largest absolute Gasteiger partial charge is 0.464 e. The molecule has 2 aromatic rings. The average molecular weight is 416 g/mol. The Morgan fingerprint density at radius 3 is 2.60 bits per heavy atom. The van der Waals surface area contributed by atoms with Gasteiger partial charge in [0.1, 0.15) is 11.3 Å². The van der Waals surface area contributed by atoms with Crippen molar-refractivity contribution in [1.82, 2.24) is 30.5 Å². The molecule has 0 aromatic carbocycles. The van der Waals surface area contributed by atoms with Gasteiger partial charge >= 0.3 is 5.97 Å². The van der Waals surface area contributed by atoms with Crippen molar-refractivity contribution in [3.8, 4) is 11.4 Å². The summed E-state index contributed by atoms with van der Waals surface area (Å²) in [6.07, 6.45) is 3.54. The van der Waals surface area contributed by atoms with Gasteiger partial charge in [-0.3, -0.25) is 4.79 Å². The van der Waals surface area contributed by atoms with Gasteiger partial charge in [-0.05, 0) is 69.7 Å². The molecule has 2 aromatic heterocycles. The van der Waals surface area contributed by atoms with E-state index in [0.29, 0.717) is 29.5 Å². The Labute approximate surface area is 175 Å². The van der Waals surface area contributed by atoms with E-state index in [1.54, 1.807) is 23.9 Å². The molecule has 2 N–H and O–H groups in total. The molecule has 0 radical (unpaired) electrons. The topological polar surface area (TPSA) is 132 Å². The van der Waals surface area contributed by atoms with Gasteiger partial charge in [0.15, 0.2) is 0 Å². The fourth-order valence-corrected chi connectivity index (χ4v) is 3.53. The van der Waals surface area contributed by atoms with Crippen LogP contribution >= 0.6 is 0 Å². The maximum Gasteiger partial charge on any atom is 0.356 e. The molecule has 30 heavy (non-hydrogen) atoms.